The van der Waals surface area contributed by atoms with E-state index in [1.165, 1.54) is 12.8 Å². The molecular weight excluding hydrogens is 200 g/mol. The molecule has 94 valence electrons. The summed E-state index contributed by atoms with van der Waals surface area (Å²) in [7, 11) is 0. The first kappa shape index (κ1) is 13.5. The summed E-state index contributed by atoms with van der Waals surface area (Å²) in [5, 5.41) is 3.46. The van der Waals surface area contributed by atoms with Crippen LogP contribution in [-0.2, 0) is 4.79 Å². The fourth-order valence-electron chi connectivity index (χ4n) is 2.22. The average Bonchev–Trinajstić information content (AvgIpc) is 2.74. The van der Waals surface area contributed by atoms with Gasteiger partial charge in [0.15, 0.2) is 0 Å². The van der Waals surface area contributed by atoms with E-state index in [0.29, 0.717) is 24.4 Å². The highest BCUT2D eigenvalue weighted by Gasteiger charge is 2.22. The molecular formula is C13H26N2O. The predicted octanol–water partition coefficient (Wildman–Crippen LogP) is 2.17. The molecule has 0 saturated carbocycles. The van der Waals surface area contributed by atoms with E-state index in [4.69, 9.17) is 0 Å². The van der Waals surface area contributed by atoms with Crippen LogP contribution in [0.2, 0.25) is 0 Å². The van der Waals surface area contributed by atoms with Crippen molar-refractivity contribution in [1.29, 1.82) is 0 Å². The Labute approximate surface area is 99.6 Å². The highest BCUT2D eigenvalue weighted by molar-refractivity contribution is 5.76. The Morgan fingerprint density at radius 1 is 1.50 bits per heavy atom. The van der Waals surface area contributed by atoms with Crippen LogP contribution in [0.1, 0.15) is 52.9 Å². The van der Waals surface area contributed by atoms with E-state index in [-0.39, 0.29) is 0 Å². The van der Waals surface area contributed by atoms with Crippen molar-refractivity contribution >= 4 is 5.91 Å². The highest BCUT2D eigenvalue weighted by atomic mass is 16.2. The maximum Gasteiger partial charge on any atom is 0.222 e. The number of hydrogen-bond acceptors (Lipinski definition) is 2. The SMILES string of the molecule is CCCCC(=O)N(CC1CCCN1)C(C)C. The topological polar surface area (TPSA) is 32.3 Å². The van der Waals surface area contributed by atoms with Crippen molar-refractivity contribution in [3.8, 4) is 0 Å². The van der Waals surface area contributed by atoms with Crippen LogP contribution in [0.15, 0.2) is 0 Å². The minimum atomic E-state index is 0.325. The van der Waals surface area contributed by atoms with E-state index in [0.717, 1.165) is 25.9 Å². The summed E-state index contributed by atoms with van der Waals surface area (Å²) in [6, 6.07) is 0.847. The molecule has 0 aliphatic carbocycles. The smallest absolute Gasteiger partial charge is 0.222 e. The zero-order valence-corrected chi connectivity index (χ0v) is 11.0. The average molecular weight is 226 g/mol. The van der Waals surface area contributed by atoms with Gasteiger partial charge in [-0.3, -0.25) is 4.79 Å². The summed E-state index contributed by atoms with van der Waals surface area (Å²) in [6.07, 6.45) is 5.28. The maximum atomic E-state index is 12.0. The molecule has 1 aliphatic rings. The van der Waals surface area contributed by atoms with Gasteiger partial charge in [0.2, 0.25) is 5.91 Å². The van der Waals surface area contributed by atoms with Crippen molar-refractivity contribution in [3.05, 3.63) is 0 Å². The third-order valence-electron chi connectivity index (χ3n) is 3.27. The lowest BCUT2D eigenvalue weighted by Gasteiger charge is -2.29. The number of amides is 1. The van der Waals surface area contributed by atoms with Gasteiger partial charge in [-0.1, -0.05) is 13.3 Å². The molecule has 1 amide bonds. The zero-order chi connectivity index (χ0) is 12.0. The molecule has 1 N–H and O–H groups in total. The molecule has 0 spiro atoms. The maximum absolute atomic E-state index is 12.0. The molecule has 1 aliphatic heterocycles. The highest BCUT2D eigenvalue weighted by Crippen LogP contribution is 2.11. The minimum absolute atomic E-state index is 0.325. The molecule has 0 bridgehead atoms. The van der Waals surface area contributed by atoms with E-state index in [9.17, 15) is 4.79 Å². The Morgan fingerprint density at radius 2 is 2.25 bits per heavy atom. The first-order chi connectivity index (χ1) is 7.65. The van der Waals surface area contributed by atoms with Crippen LogP contribution in [-0.4, -0.2) is 36.0 Å². The number of carbonyl (C=O) groups excluding carboxylic acids is 1. The first-order valence-corrected chi connectivity index (χ1v) is 6.68. The predicted molar refractivity (Wildman–Crippen MR) is 67.4 cm³/mol. The fourth-order valence-corrected chi connectivity index (χ4v) is 2.22. The molecule has 0 radical (unpaired) electrons. The minimum Gasteiger partial charge on any atom is -0.339 e. The van der Waals surface area contributed by atoms with Crippen molar-refractivity contribution in [2.24, 2.45) is 0 Å². The Balaban J connectivity index is 2.42. The summed E-state index contributed by atoms with van der Waals surface area (Å²) >= 11 is 0. The monoisotopic (exact) mass is 226 g/mol. The van der Waals surface area contributed by atoms with Gasteiger partial charge in [0, 0.05) is 25.0 Å². The lowest BCUT2D eigenvalue weighted by Crippen LogP contribution is -2.44. The Morgan fingerprint density at radius 3 is 2.75 bits per heavy atom. The van der Waals surface area contributed by atoms with E-state index in [1.54, 1.807) is 0 Å². The lowest BCUT2D eigenvalue weighted by molar-refractivity contribution is -0.133. The van der Waals surface area contributed by atoms with Crippen LogP contribution in [0.3, 0.4) is 0 Å². The molecule has 0 aromatic carbocycles. The molecule has 1 unspecified atom stereocenters. The Bertz CT molecular complexity index is 210. The van der Waals surface area contributed by atoms with Crippen LogP contribution >= 0.6 is 0 Å². The number of unbranched alkanes of at least 4 members (excludes halogenated alkanes) is 1. The quantitative estimate of drug-likeness (QED) is 0.753. The molecule has 1 saturated heterocycles. The molecule has 0 aromatic heterocycles. The van der Waals surface area contributed by atoms with E-state index in [2.05, 4.69) is 26.1 Å². The van der Waals surface area contributed by atoms with Crippen molar-refractivity contribution < 1.29 is 4.79 Å². The fraction of sp³-hybridized carbons (Fsp3) is 0.923. The van der Waals surface area contributed by atoms with E-state index >= 15 is 0 Å². The molecule has 3 heteroatoms. The second-order valence-electron chi connectivity index (χ2n) is 5.04. The van der Waals surface area contributed by atoms with E-state index < -0.39 is 0 Å². The van der Waals surface area contributed by atoms with Gasteiger partial charge >= 0.3 is 0 Å². The third-order valence-corrected chi connectivity index (χ3v) is 3.27. The molecule has 16 heavy (non-hydrogen) atoms. The van der Waals surface area contributed by atoms with Gasteiger partial charge in [-0.15, -0.1) is 0 Å². The van der Waals surface area contributed by atoms with Gasteiger partial charge in [-0.05, 0) is 39.7 Å². The number of carbonyl (C=O) groups is 1. The van der Waals surface area contributed by atoms with Crippen molar-refractivity contribution in [3.63, 3.8) is 0 Å². The standard InChI is InChI=1S/C13H26N2O/c1-4-5-8-13(16)15(11(2)3)10-12-7-6-9-14-12/h11-12,14H,4-10H2,1-3H3. The van der Waals surface area contributed by atoms with E-state index in [1.807, 2.05) is 4.90 Å². The van der Waals surface area contributed by atoms with Gasteiger partial charge in [0.05, 0.1) is 0 Å². The zero-order valence-electron chi connectivity index (χ0n) is 11.0. The van der Waals surface area contributed by atoms with Crippen LogP contribution < -0.4 is 5.32 Å². The van der Waals surface area contributed by atoms with Gasteiger partial charge in [0.25, 0.3) is 0 Å². The third kappa shape index (κ3) is 4.12. The van der Waals surface area contributed by atoms with Crippen molar-refractivity contribution in [2.75, 3.05) is 13.1 Å². The van der Waals surface area contributed by atoms with Crippen molar-refractivity contribution in [2.45, 2.75) is 65.0 Å². The molecule has 3 nitrogen and oxygen atoms in total. The first-order valence-electron chi connectivity index (χ1n) is 6.68. The van der Waals surface area contributed by atoms with Gasteiger partial charge in [-0.2, -0.15) is 0 Å². The van der Waals surface area contributed by atoms with Crippen LogP contribution in [0.25, 0.3) is 0 Å². The summed E-state index contributed by atoms with van der Waals surface area (Å²) in [6.45, 7) is 8.35. The Hall–Kier alpha value is -0.570. The van der Waals surface area contributed by atoms with Crippen LogP contribution in [0.4, 0.5) is 0 Å². The lowest BCUT2D eigenvalue weighted by atomic mass is 10.1. The molecule has 0 aromatic rings. The van der Waals surface area contributed by atoms with Gasteiger partial charge in [-0.25, -0.2) is 0 Å². The number of nitrogens with one attached hydrogen (secondary N) is 1. The molecule has 1 atom stereocenters. The second-order valence-corrected chi connectivity index (χ2v) is 5.04. The summed E-state index contributed by atoms with van der Waals surface area (Å²) < 4.78 is 0. The molecule has 1 rings (SSSR count). The molecule has 1 heterocycles. The number of hydrogen-bond donors (Lipinski definition) is 1. The van der Waals surface area contributed by atoms with Crippen molar-refractivity contribution in [1.82, 2.24) is 10.2 Å². The van der Waals surface area contributed by atoms with Crippen LogP contribution in [0, 0.1) is 0 Å². The number of nitrogens with zero attached hydrogens (tertiary/aromatic N) is 1. The summed E-state index contributed by atoms with van der Waals surface area (Å²) in [5.41, 5.74) is 0. The van der Waals surface area contributed by atoms with Crippen LogP contribution in [0.5, 0.6) is 0 Å². The summed E-state index contributed by atoms with van der Waals surface area (Å²) in [5.74, 6) is 0.325. The van der Waals surface area contributed by atoms with Gasteiger partial charge in [0.1, 0.15) is 0 Å². The number of rotatable bonds is 6. The Kier molecular flexibility index (Phi) is 5.81. The normalized spacial score (nSPS) is 20.4. The molecule has 1 fully saturated rings. The largest absolute Gasteiger partial charge is 0.339 e. The van der Waals surface area contributed by atoms with Gasteiger partial charge < -0.3 is 10.2 Å². The second kappa shape index (κ2) is 6.89. The summed E-state index contributed by atoms with van der Waals surface area (Å²) in [4.78, 5) is 14.1.